The zero-order valence-corrected chi connectivity index (χ0v) is 14.0. The molecule has 0 saturated carbocycles. The quantitative estimate of drug-likeness (QED) is 0.418. The standard InChI is InChI=1S/C12H18BrIS/c1-3-5-6-7-8-10-9(4-2)11(13)15-12(10)14/h3-8H2,1-2H3. The Morgan fingerprint density at radius 1 is 1.13 bits per heavy atom. The Morgan fingerprint density at radius 2 is 1.87 bits per heavy atom. The first-order valence-electron chi connectivity index (χ1n) is 5.66. The molecule has 0 radical (unpaired) electrons. The molecule has 0 aliphatic heterocycles. The number of halogens is 2. The maximum Gasteiger partial charge on any atom is 0.0744 e. The Kier molecular flexibility index (Phi) is 6.78. The maximum atomic E-state index is 3.66. The van der Waals surface area contributed by atoms with E-state index in [1.54, 1.807) is 11.1 Å². The smallest absolute Gasteiger partial charge is 0.0744 e. The summed E-state index contributed by atoms with van der Waals surface area (Å²) in [7, 11) is 0. The van der Waals surface area contributed by atoms with Crippen molar-refractivity contribution < 1.29 is 0 Å². The lowest BCUT2D eigenvalue weighted by atomic mass is 10.0. The maximum absolute atomic E-state index is 3.66. The fourth-order valence-electron chi connectivity index (χ4n) is 1.77. The summed E-state index contributed by atoms with van der Waals surface area (Å²) in [5, 5.41) is 0. The van der Waals surface area contributed by atoms with Crippen molar-refractivity contribution in [2.75, 3.05) is 0 Å². The van der Waals surface area contributed by atoms with E-state index in [1.165, 1.54) is 38.8 Å². The zero-order valence-electron chi connectivity index (χ0n) is 9.41. The molecule has 1 aromatic rings. The molecular formula is C12H18BrIS. The van der Waals surface area contributed by atoms with Crippen LogP contribution in [0.5, 0.6) is 0 Å². The van der Waals surface area contributed by atoms with Crippen LogP contribution < -0.4 is 0 Å². The lowest BCUT2D eigenvalue weighted by Crippen LogP contribution is -1.91. The molecule has 15 heavy (non-hydrogen) atoms. The van der Waals surface area contributed by atoms with Gasteiger partial charge in [-0.05, 0) is 68.9 Å². The normalized spacial score (nSPS) is 10.9. The van der Waals surface area contributed by atoms with Crippen molar-refractivity contribution in [2.45, 2.75) is 52.4 Å². The highest BCUT2D eigenvalue weighted by Gasteiger charge is 2.12. The van der Waals surface area contributed by atoms with Gasteiger partial charge in [-0.2, -0.15) is 0 Å². The van der Waals surface area contributed by atoms with Crippen LogP contribution in [-0.2, 0) is 12.8 Å². The molecule has 0 aromatic carbocycles. The lowest BCUT2D eigenvalue weighted by Gasteiger charge is -2.03. The van der Waals surface area contributed by atoms with E-state index in [4.69, 9.17) is 0 Å². The van der Waals surface area contributed by atoms with Crippen LogP contribution >= 0.6 is 49.9 Å². The number of rotatable bonds is 6. The molecule has 1 aromatic heterocycles. The van der Waals surface area contributed by atoms with E-state index in [0.717, 1.165) is 6.42 Å². The molecule has 0 nitrogen and oxygen atoms in total. The van der Waals surface area contributed by atoms with Gasteiger partial charge in [0.2, 0.25) is 0 Å². The molecular weight excluding hydrogens is 383 g/mol. The second-order valence-electron chi connectivity index (χ2n) is 3.77. The second-order valence-corrected chi connectivity index (χ2v) is 7.92. The monoisotopic (exact) mass is 400 g/mol. The summed E-state index contributed by atoms with van der Waals surface area (Å²) in [4.78, 5) is 0. The summed E-state index contributed by atoms with van der Waals surface area (Å²) in [5.41, 5.74) is 3.15. The Hall–Kier alpha value is 0.910. The van der Waals surface area contributed by atoms with E-state index >= 15 is 0 Å². The van der Waals surface area contributed by atoms with Crippen molar-refractivity contribution in [1.29, 1.82) is 0 Å². The van der Waals surface area contributed by atoms with Gasteiger partial charge in [-0.25, -0.2) is 0 Å². The number of thiophene rings is 1. The fourth-order valence-corrected chi connectivity index (χ4v) is 5.83. The van der Waals surface area contributed by atoms with Gasteiger partial charge in [0.1, 0.15) is 0 Å². The Bertz CT molecular complexity index is 307. The minimum Gasteiger partial charge on any atom is -0.122 e. The number of unbranched alkanes of at least 4 members (excludes halogenated alkanes) is 3. The van der Waals surface area contributed by atoms with Crippen molar-refractivity contribution in [3.8, 4) is 0 Å². The van der Waals surface area contributed by atoms with Gasteiger partial charge in [0.25, 0.3) is 0 Å². The molecule has 1 rings (SSSR count). The number of hydrogen-bond acceptors (Lipinski definition) is 1. The number of hydrogen-bond donors (Lipinski definition) is 0. The molecule has 86 valence electrons. The van der Waals surface area contributed by atoms with E-state index < -0.39 is 0 Å². The van der Waals surface area contributed by atoms with Gasteiger partial charge in [-0.1, -0.05) is 33.1 Å². The topological polar surface area (TPSA) is 0 Å². The van der Waals surface area contributed by atoms with E-state index in [0.29, 0.717) is 0 Å². The largest absolute Gasteiger partial charge is 0.122 e. The van der Waals surface area contributed by atoms with Crippen LogP contribution in [0.2, 0.25) is 0 Å². The summed E-state index contributed by atoms with van der Waals surface area (Å²) in [6.45, 7) is 4.51. The third kappa shape index (κ3) is 4.00. The molecule has 0 spiro atoms. The van der Waals surface area contributed by atoms with Gasteiger partial charge < -0.3 is 0 Å². The van der Waals surface area contributed by atoms with E-state index in [1.807, 2.05) is 11.3 Å². The first kappa shape index (κ1) is 14.0. The van der Waals surface area contributed by atoms with E-state index in [9.17, 15) is 0 Å². The molecule has 3 heteroatoms. The van der Waals surface area contributed by atoms with Crippen molar-refractivity contribution in [3.63, 3.8) is 0 Å². The van der Waals surface area contributed by atoms with E-state index in [2.05, 4.69) is 52.4 Å². The molecule has 0 fully saturated rings. The van der Waals surface area contributed by atoms with Crippen molar-refractivity contribution in [3.05, 3.63) is 17.8 Å². The average Bonchev–Trinajstić information content (AvgIpc) is 2.48. The summed E-state index contributed by atoms with van der Waals surface area (Å²) in [5.74, 6) is 0. The van der Waals surface area contributed by atoms with Crippen LogP contribution in [-0.4, -0.2) is 0 Å². The van der Waals surface area contributed by atoms with Crippen LogP contribution in [0.3, 0.4) is 0 Å². The molecule has 0 saturated heterocycles. The van der Waals surface area contributed by atoms with Crippen LogP contribution in [0.25, 0.3) is 0 Å². The SMILES string of the molecule is CCCCCCc1c(I)sc(Br)c1CC. The third-order valence-corrected chi connectivity index (χ3v) is 5.78. The first-order chi connectivity index (χ1) is 7.20. The molecule has 0 aliphatic rings. The highest BCUT2D eigenvalue weighted by Crippen LogP contribution is 2.35. The lowest BCUT2D eigenvalue weighted by molar-refractivity contribution is 0.664. The fraction of sp³-hybridized carbons (Fsp3) is 0.667. The highest BCUT2D eigenvalue weighted by atomic mass is 127. The van der Waals surface area contributed by atoms with Gasteiger partial charge >= 0.3 is 0 Å². The molecule has 0 bridgehead atoms. The minimum atomic E-state index is 1.16. The first-order valence-corrected chi connectivity index (χ1v) is 8.35. The third-order valence-electron chi connectivity index (χ3n) is 2.65. The minimum absolute atomic E-state index is 1.16. The van der Waals surface area contributed by atoms with Crippen LogP contribution in [0, 0.1) is 2.88 Å². The molecule has 0 N–H and O–H groups in total. The van der Waals surface area contributed by atoms with Gasteiger partial charge in [0.15, 0.2) is 0 Å². The highest BCUT2D eigenvalue weighted by molar-refractivity contribution is 14.1. The summed E-state index contributed by atoms with van der Waals surface area (Å²) >= 11 is 8.03. The zero-order chi connectivity index (χ0) is 11.3. The molecule has 0 unspecified atom stereocenters. The van der Waals surface area contributed by atoms with E-state index in [-0.39, 0.29) is 0 Å². The molecule has 0 atom stereocenters. The van der Waals surface area contributed by atoms with Crippen LogP contribution in [0.4, 0.5) is 0 Å². The summed E-state index contributed by atoms with van der Waals surface area (Å²) in [6.07, 6.45) is 7.85. The molecule has 1 heterocycles. The van der Waals surface area contributed by atoms with Gasteiger partial charge in [0, 0.05) is 0 Å². The predicted molar refractivity (Wildman–Crippen MR) is 82.0 cm³/mol. The average molecular weight is 401 g/mol. The van der Waals surface area contributed by atoms with Gasteiger partial charge in [-0.3, -0.25) is 0 Å². The summed E-state index contributed by atoms with van der Waals surface area (Å²) in [6, 6.07) is 0. The molecule has 0 amide bonds. The molecule has 0 aliphatic carbocycles. The van der Waals surface area contributed by atoms with Crippen LogP contribution in [0.1, 0.15) is 50.7 Å². The van der Waals surface area contributed by atoms with Gasteiger partial charge in [-0.15, -0.1) is 11.3 Å². The Balaban J connectivity index is 2.59. The summed E-state index contributed by atoms with van der Waals surface area (Å²) < 4.78 is 2.83. The Morgan fingerprint density at radius 3 is 2.47 bits per heavy atom. The van der Waals surface area contributed by atoms with Crippen molar-refractivity contribution >= 4 is 49.9 Å². The van der Waals surface area contributed by atoms with Gasteiger partial charge in [0.05, 0.1) is 6.67 Å². The van der Waals surface area contributed by atoms with Crippen LogP contribution in [0.15, 0.2) is 3.79 Å². The van der Waals surface area contributed by atoms with Crippen molar-refractivity contribution in [1.82, 2.24) is 0 Å². The second kappa shape index (κ2) is 7.28. The Labute approximate surface area is 119 Å². The predicted octanol–water partition coefficient (Wildman–Crippen LogP) is 5.80. The van der Waals surface area contributed by atoms with Crippen molar-refractivity contribution in [2.24, 2.45) is 0 Å².